The van der Waals surface area contributed by atoms with E-state index in [-0.39, 0.29) is 5.78 Å². The zero-order chi connectivity index (χ0) is 14.7. The van der Waals surface area contributed by atoms with Gasteiger partial charge in [-0.2, -0.15) is 0 Å². The number of carbonyl (C=O) groups excluding carboxylic acids is 1. The molecular weight excluding hydrogens is 298 g/mol. The molecule has 2 aromatic rings. The summed E-state index contributed by atoms with van der Waals surface area (Å²) in [7, 11) is 0. The van der Waals surface area contributed by atoms with E-state index in [1.807, 2.05) is 6.07 Å². The van der Waals surface area contributed by atoms with E-state index in [4.69, 9.17) is 0 Å². The van der Waals surface area contributed by atoms with Crippen LogP contribution in [0.2, 0.25) is 0 Å². The Morgan fingerprint density at radius 1 is 1.29 bits per heavy atom. The summed E-state index contributed by atoms with van der Waals surface area (Å²) in [5.74, 6) is 1.29. The maximum absolute atomic E-state index is 12.5. The van der Waals surface area contributed by atoms with Crippen LogP contribution in [0, 0.1) is 0 Å². The summed E-state index contributed by atoms with van der Waals surface area (Å²) in [5.41, 5.74) is 2.60. The maximum atomic E-state index is 12.5. The lowest BCUT2D eigenvalue weighted by Crippen LogP contribution is -2.34. The fourth-order valence-corrected chi connectivity index (χ4v) is 4.69. The molecule has 1 aliphatic heterocycles. The number of ketones is 1. The quantitative estimate of drug-likeness (QED) is 0.598. The molecule has 1 aromatic heterocycles. The summed E-state index contributed by atoms with van der Waals surface area (Å²) in [4.78, 5) is 15.6. The number of thiophene rings is 1. The second kappa shape index (κ2) is 6.67. The van der Waals surface area contributed by atoms with E-state index in [1.54, 1.807) is 23.1 Å². The number of para-hydroxylation sites is 1. The van der Waals surface area contributed by atoms with Gasteiger partial charge in [0.25, 0.3) is 0 Å². The molecule has 0 bridgehead atoms. The van der Waals surface area contributed by atoms with Crippen LogP contribution >= 0.6 is 23.1 Å². The number of fused-ring (bicyclic) bond motifs is 1. The smallest absolute Gasteiger partial charge is 0.192 e. The lowest BCUT2D eigenvalue weighted by atomic mass is 10.0. The fourth-order valence-electron chi connectivity index (χ4n) is 2.72. The largest absolute Gasteiger partial charge is 0.364 e. The molecule has 2 nitrogen and oxygen atoms in total. The minimum atomic E-state index is 0.236. The van der Waals surface area contributed by atoms with Gasteiger partial charge in [0, 0.05) is 12.2 Å². The van der Waals surface area contributed by atoms with Crippen LogP contribution in [0.1, 0.15) is 28.6 Å². The molecule has 0 N–H and O–H groups in total. The van der Waals surface area contributed by atoms with E-state index in [0.717, 1.165) is 30.0 Å². The van der Waals surface area contributed by atoms with Crippen LogP contribution in [0.5, 0.6) is 0 Å². The van der Waals surface area contributed by atoms with Gasteiger partial charge in [-0.25, -0.2) is 0 Å². The Bertz CT molecular complexity index is 635. The van der Waals surface area contributed by atoms with Crippen LogP contribution in [0.3, 0.4) is 0 Å². The topological polar surface area (TPSA) is 20.3 Å². The second-order valence-corrected chi connectivity index (χ2v) is 7.78. The zero-order valence-corrected chi connectivity index (χ0v) is 13.8. The Balaban J connectivity index is 1.73. The van der Waals surface area contributed by atoms with E-state index in [2.05, 4.69) is 42.2 Å². The summed E-state index contributed by atoms with van der Waals surface area (Å²) >= 11 is 3.42. The first-order chi connectivity index (χ1) is 10.3. The van der Waals surface area contributed by atoms with Crippen molar-refractivity contribution in [1.29, 1.82) is 0 Å². The third-order valence-electron chi connectivity index (χ3n) is 3.68. The third-order valence-corrected chi connectivity index (χ3v) is 5.92. The summed E-state index contributed by atoms with van der Waals surface area (Å²) < 4.78 is 1.24. The van der Waals surface area contributed by atoms with Crippen molar-refractivity contribution in [2.24, 2.45) is 0 Å². The summed E-state index contributed by atoms with van der Waals surface area (Å²) in [6.07, 6.45) is 2.25. The average Bonchev–Trinajstić information content (AvgIpc) is 2.97. The molecule has 2 heterocycles. The number of benzene rings is 1. The SMILES string of the molecule is CCSc1ccc(C(=O)CN2CCCc3ccccc32)s1. The number of nitrogens with zero attached hydrogens (tertiary/aromatic N) is 1. The van der Waals surface area contributed by atoms with Crippen molar-refractivity contribution in [3.8, 4) is 0 Å². The van der Waals surface area contributed by atoms with E-state index < -0.39 is 0 Å². The van der Waals surface area contributed by atoms with Crippen LogP contribution in [0.4, 0.5) is 5.69 Å². The van der Waals surface area contributed by atoms with E-state index in [1.165, 1.54) is 15.5 Å². The first kappa shape index (κ1) is 14.7. The zero-order valence-electron chi connectivity index (χ0n) is 12.2. The molecule has 1 aliphatic rings. The highest BCUT2D eigenvalue weighted by Crippen LogP contribution is 2.29. The highest BCUT2D eigenvalue weighted by molar-refractivity contribution is 8.01. The Hall–Kier alpha value is -1.26. The molecule has 0 unspecified atom stereocenters. The molecule has 0 radical (unpaired) electrons. The minimum absolute atomic E-state index is 0.236. The lowest BCUT2D eigenvalue weighted by Gasteiger charge is -2.30. The van der Waals surface area contributed by atoms with Crippen LogP contribution in [-0.2, 0) is 6.42 Å². The van der Waals surface area contributed by atoms with Crippen LogP contribution in [0.25, 0.3) is 0 Å². The number of Topliss-reactive ketones (excluding diaryl/α,β-unsaturated/α-hetero) is 1. The Morgan fingerprint density at radius 3 is 3.00 bits per heavy atom. The van der Waals surface area contributed by atoms with Crippen molar-refractivity contribution < 1.29 is 4.79 Å². The lowest BCUT2D eigenvalue weighted by molar-refractivity contribution is 0.100. The highest BCUT2D eigenvalue weighted by Gasteiger charge is 2.20. The van der Waals surface area contributed by atoms with Gasteiger partial charge in [-0.1, -0.05) is 25.1 Å². The number of anilines is 1. The predicted molar refractivity (Wildman–Crippen MR) is 92.0 cm³/mol. The first-order valence-corrected chi connectivity index (χ1v) is 9.17. The molecule has 0 saturated carbocycles. The predicted octanol–water partition coefficient (Wildman–Crippen LogP) is 4.50. The van der Waals surface area contributed by atoms with E-state index >= 15 is 0 Å². The molecule has 21 heavy (non-hydrogen) atoms. The third kappa shape index (κ3) is 3.33. The molecular formula is C17H19NOS2. The van der Waals surface area contributed by atoms with Crippen LogP contribution < -0.4 is 4.90 Å². The van der Waals surface area contributed by atoms with Gasteiger partial charge in [0.05, 0.1) is 15.6 Å². The van der Waals surface area contributed by atoms with E-state index in [0.29, 0.717) is 6.54 Å². The molecule has 0 spiro atoms. The van der Waals surface area contributed by atoms with Crippen molar-refractivity contribution in [2.75, 3.05) is 23.7 Å². The molecule has 0 fully saturated rings. The summed E-state index contributed by atoms with van der Waals surface area (Å²) in [5, 5.41) is 0. The van der Waals surface area contributed by atoms with Crippen molar-refractivity contribution >= 4 is 34.6 Å². The minimum Gasteiger partial charge on any atom is -0.364 e. The molecule has 0 atom stereocenters. The monoisotopic (exact) mass is 317 g/mol. The van der Waals surface area contributed by atoms with Crippen molar-refractivity contribution in [3.05, 3.63) is 46.8 Å². The van der Waals surface area contributed by atoms with Crippen molar-refractivity contribution in [2.45, 2.75) is 24.0 Å². The standard InChI is InChI=1S/C17H19NOS2/c1-2-20-17-10-9-16(21-17)15(19)12-18-11-5-7-13-6-3-4-8-14(13)18/h3-4,6,8-10H,2,5,7,11-12H2,1H3. The maximum Gasteiger partial charge on any atom is 0.192 e. The van der Waals surface area contributed by atoms with Gasteiger partial charge in [-0.05, 0) is 42.4 Å². The van der Waals surface area contributed by atoms with Gasteiger partial charge in [0.15, 0.2) is 5.78 Å². The molecule has 0 aliphatic carbocycles. The Labute approximate surface area is 134 Å². The molecule has 0 amide bonds. The molecule has 4 heteroatoms. The number of hydrogen-bond acceptors (Lipinski definition) is 4. The number of hydrogen-bond donors (Lipinski definition) is 0. The van der Waals surface area contributed by atoms with Gasteiger partial charge in [0.1, 0.15) is 0 Å². The highest BCUT2D eigenvalue weighted by atomic mass is 32.2. The number of thioether (sulfide) groups is 1. The van der Waals surface area contributed by atoms with Gasteiger partial charge in [-0.3, -0.25) is 4.79 Å². The first-order valence-electron chi connectivity index (χ1n) is 7.36. The Kier molecular flexibility index (Phi) is 4.66. The Morgan fingerprint density at radius 2 is 2.14 bits per heavy atom. The molecule has 1 aromatic carbocycles. The number of carbonyl (C=O) groups is 1. The number of rotatable bonds is 5. The second-order valence-electron chi connectivity index (χ2n) is 5.13. The van der Waals surface area contributed by atoms with Gasteiger partial charge in [-0.15, -0.1) is 23.1 Å². The van der Waals surface area contributed by atoms with E-state index in [9.17, 15) is 4.79 Å². The number of aryl methyl sites for hydroxylation is 1. The molecule has 0 saturated heterocycles. The van der Waals surface area contributed by atoms with Gasteiger partial charge in [0.2, 0.25) is 0 Å². The van der Waals surface area contributed by atoms with Crippen LogP contribution in [0.15, 0.2) is 40.6 Å². The summed E-state index contributed by atoms with van der Waals surface area (Å²) in [6, 6.07) is 12.5. The van der Waals surface area contributed by atoms with Crippen molar-refractivity contribution in [1.82, 2.24) is 0 Å². The molecule has 3 rings (SSSR count). The average molecular weight is 317 g/mol. The van der Waals surface area contributed by atoms with Gasteiger partial charge < -0.3 is 4.90 Å². The fraction of sp³-hybridized carbons (Fsp3) is 0.353. The normalized spacial score (nSPS) is 14.0. The molecule has 110 valence electrons. The van der Waals surface area contributed by atoms with Crippen LogP contribution in [-0.4, -0.2) is 24.6 Å². The summed E-state index contributed by atoms with van der Waals surface area (Å²) in [6.45, 7) is 3.61. The van der Waals surface area contributed by atoms with Crippen molar-refractivity contribution in [3.63, 3.8) is 0 Å². The van der Waals surface area contributed by atoms with Gasteiger partial charge >= 0.3 is 0 Å².